The van der Waals surface area contributed by atoms with Crippen molar-refractivity contribution in [2.75, 3.05) is 0 Å². The van der Waals surface area contributed by atoms with E-state index >= 15 is 0 Å². The molecule has 0 aliphatic heterocycles. The zero-order chi connectivity index (χ0) is 20.1. The number of rotatable bonds is 17. The lowest BCUT2D eigenvalue weighted by Crippen LogP contribution is -2.44. The molecule has 0 aromatic heterocycles. The van der Waals surface area contributed by atoms with Crippen molar-refractivity contribution in [3.05, 3.63) is 38.0 Å². The van der Waals surface area contributed by atoms with Gasteiger partial charge in [-0.3, -0.25) is 0 Å². The molecule has 0 amide bonds. The van der Waals surface area contributed by atoms with Crippen LogP contribution in [0.3, 0.4) is 0 Å². The van der Waals surface area contributed by atoms with Gasteiger partial charge in [-0.1, -0.05) is 57.3 Å². The van der Waals surface area contributed by atoms with Gasteiger partial charge in [-0.05, 0) is 69.4 Å². The molecule has 152 valence electrons. The molecule has 0 bridgehead atoms. The lowest BCUT2D eigenvalue weighted by atomic mass is 9.74. The summed E-state index contributed by atoms with van der Waals surface area (Å²) in [6.07, 6.45) is 17.1. The fraction of sp³-hybridized carbons (Fsp3) is 0.739. The van der Waals surface area contributed by atoms with Crippen LogP contribution in [0.25, 0.3) is 0 Å². The minimum Gasteiger partial charge on any atom is -0.455 e. The monoisotopic (exact) mass is 394 g/mol. The van der Waals surface area contributed by atoms with Crippen LogP contribution in [0, 0.1) is 5.41 Å². The maximum atomic E-state index is 6.73. The molecule has 0 aromatic rings. The van der Waals surface area contributed by atoms with E-state index in [9.17, 15) is 0 Å². The van der Waals surface area contributed by atoms with E-state index < -0.39 is 16.6 Å². The molecule has 0 rings (SSSR count). The van der Waals surface area contributed by atoms with E-state index in [0.717, 1.165) is 19.3 Å². The number of allylic oxidation sites excluding steroid dienone is 3. The zero-order valence-electron chi connectivity index (χ0n) is 18.5. The molecule has 0 heterocycles. The zero-order valence-corrected chi connectivity index (χ0v) is 20.5. The molecule has 1 nitrogen and oxygen atoms in total. The van der Waals surface area contributed by atoms with Crippen molar-refractivity contribution in [1.82, 2.24) is 0 Å². The molecular weight excluding hydrogens is 348 g/mol. The van der Waals surface area contributed by atoms with Gasteiger partial charge in [0, 0.05) is 0 Å². The van der Waals surface area contributed by atoms with E-state index in [1.807, 2.05) is 0 Å². The molecule has 0 saturated heterocycles. The Kier molecular flexibility index (Phi) is 12.7. The average Bonchev–Trinajstić information content (AvgIpc) is 2.52. The summed E-state index contributed by atoms with van der Waals surface area (Å²) >= 11 is 0. The second-order valence-electron chi connectivity index (χ2n) is 9.26. The molecule has 0 aliphatic rings. The molecule has 3 heteroatoms. The quantitative estimate of drug-likeness (QED) is 0.136. The Morgan fingerprint density at radius 3 is 1.62 bits per heavy atom. The van der Waals surface area contributed by atoms with Crippen LogP contribution in [0.15, 0.2) is 38.0 Å². The highest BCUT2D eigenvalue weighted by atomic mass is 28.4. The molecular formula is C23H46OSi2. The Bertz CT molecular complexity index is 386. The van der Waals surface area contributed by atoms with Crippen molar-refractivity contribution in [3.63, 3.8) is 0 Å². The lowest BCUT2D eigenvalue weighted by molar-refractivity contribution is 0.261. The van der Waals surface area contributed by atoms with Crippen LogP contribution in [0.4, 0.5) is 0 Å². The van der Waals surface area contributed by atoms with Crippen LogP contribution < -0.4 is 0 Å². The van der Waals surface area contributed by atoms with E-state index in [1.54, 1.807) is 0 Å². The van der Waals surface area contributed by atoms with Crippen molar-refractivity contribution < 1.29 is 4.12 Å². The van der Waals surface area contributed by atoms with Gasteiger partial charge in [-0.15, -0.1) is 19.7 Å². The molecule has 0 aromatic carbocycles. The third kappa shape index (κ3) is 11.4. The van der Waals surface area contributed by atoms with Crippen LogP contribution in [0.1, 0.15) is 64.7 Å². The molecule has 26 heavy (non-hydrogen) atoms. The van der Waals surface area contributed by atoms with Gasteiger partial charge >= 0.3 is 0 Å². The summed E-state index contributed by atoms with van der Waals surface area (Å²) < 4.78 is 6.73. The third-order valence-corrected chi connectivity index (χ3v) is 12.9. The standard InChI is InChI=1S/C23H46OSi2/c1-9-13-21-25(5,6)24-26(7,8)22-16-14-15-20-23(17-10-2,18-11-3)19-12-4/h10-12H,2-4,9,13-22H2,1,5-8H3. The Morgan fingerprint density at radius 1 is 0.731 bits per heavy atom. The summed E-state index contributed by atoms with van der Waals surface area (Å²) in [5.41, 5.74) is 0.295. The van der Waals surface area contributed by atoms with Crippen LogP contribution in [-0.2, 0) is 4.12 Å². The van der Waals surface area contributed by atoms with Crippen LogP contribution in [-0.4, -0.2) is 16.6 Å². The Hall–Kier alpha value is -0.386. The maximum absolute atomic E-state index is 6.73. The first kappa shape index (κ1) is 25.6. The van der Waals surface area contributed by atoms with Crippen LogP contribution >= 0.6 is 0 Å². The van der Waals surface area contributed by atoms with Crippen molar-refractivity contribution >= 4 is 16.6 Å². The summed E-state index contributed by atoms with van der Waals surface area (Å²) in [6.45, 7) is 23.8. The first-order valence-electron chi connectivity index (χ1n) is 10.7. The number of hydrogen-bond donors (Lipinski definition) is 0. The van der Waals surface area contributed by atoms with Crippen LogP contribution in [0.5, 0.6) is 0 Å². The van der Waals surface area contributed by atoms with Gasteiger partial charge < -0.3 is 4.12 Å². The second kappa shape index (κ2) is 12.9. The summed E-state index contributed by atoms with van der Waals surface area (Å²) in [5, 5.41) is 0. The minimum atomic E-state index is -1.52. The normalized spacial score (nSPS) is 12.8. The smallest absolute Gasteiger partial charge is 0.173 e. The van der Waals surface area contributed by atoms with E-state index in [0.29, 0.717) is 5.41 Å². The Morgan fingerprint density at radius 2 is 1.19 bits per heavy atom. The highest BCUT2D eigenvalue weighted by Gasteiger charge is 2.32. The molecule has 0 aliphatic carbocycles. The maximum Gasteiger partial charge on any atom is 0.173 e. The molecule has 0 spiro atoms. The van der Waals surface area contributed by atoms with Crippen LogP contribution in [0.2, 0.25) is 38.3 Å². The number of hydrogen-bond acceptors (Lipinski definition) is 1. The van der Waals surface area contributed by atoms with Gasteiger partial charge in [0.1, 0.15) is 0 Å². The van der Waals surface area contributed by atoms with Crippen molar-refractivity contribution in [2.24, 2.45) is 5.41 Å². The summed E-state index contributed by atoms with van der Waals surface area (Å²) in [6, 6.07) is 2.61. The second-order valence-corrected chi connectivity index (χ2v) is 18.1. The van der Waals surface area contributed by atoms with E-state index in [1.165, 1.54) is 50.6 Å². The predicted molar refractivity (Wildman–Crippen MR) is 126 cm³/mol. The fourth-order valence-electron chi connectivity index (χ4n) is 4.15. The summed E-state index contributed by atoms with van der Waals surface area (Å²) in [7, 11) is -2.98. The predicted octanol–water partition coefficient (Wildman–Crippen LogP) is 8.49. The molecule has 0 saturated carbocycles. The molecule has 0 N–H and O–H groups in total. The molecule has 0 unspecified atom stereocenters. The van der Waals surface area contributed by atoms with Gasteiger partial charge in [-0.2, -0.15) is 0 Å². The van der Waals surface area contributed by atoms with Gasteiger partial charge in [-0.25, -0.2) is 0 Å². The highest BCUT2D eigenvalue weighted by Crippen LogP contribution is 2.38. The average molecular weight is 395 g/mol. The minimum absolute atomic E-state index is 0.295. The van der Waals surface area contributed by atoms with E-state index in [4.69, 9.17) is 4.12 Å². The van der Waals surface area contributed by atoms with Crippen molar-refractivity contribution in [1.29, 1.82) is 0 Å². The topological polar surface area (TPSA) is 9.23 Å². The molecule has 0 radical (unpaired) electrons. The van der Waals surface area contributed by atoms with Gasteiger partial charge in [0.15, 0.2) is 16.6 Å². The summed E-state index contributed by atoms with van der Waals surface area (Å²) in [4.78, 5) is 0. The summed E-state index contributed by atoms with van der Waals surface area (Å²) in [5.74, 6) is 0. The van der Waals surface area contributed by atoms with E-state index in [-0.39, 0.29) is 0 Å². The fourth-order valence-corrected chi connectivity index (χ4v) is 13.3. The Balaban J connectivity index is 4.38. The first-order valence-corrected chi connectivity index (χ1v) is 16.9. The number of unbranched alkanes of at least 4 members (excludes halogenated alkanes) is 3. The molecule has 0 fully saturated rings. The SMILES string of the molecule is C=CCC(CC=C)(CC=C)CCCCC[Si](C)(C)O[Si](C)(C)CCCC. The van der Waals surface area contributed by atoms with Gasteiger partial charge in [0.2, 0.25) is 0 Å². The lowest BCUT2D eigenvalue weighted by Gasteiger charge is -2.34. The largest absolute Gasteiger partial charge is 0.455 e. The Labute approximate surface area is 167 Å². The van der Waals surface area contributed by atoms with E-state index in [2.05, 4.69) is 71.1 Å². The van der Waals surface area contributed by atoms with Gasteiger partial charge in [0.25, 0.3) is 0 Å². The van der Waals surface area contributed by atoms with Gasteiger partial charge in [0.05, 0.1) is 0 Å². The van der Waals surface area contributed by atoms with Crippen molar-refractivity contribution in [2.45, 2.75) is 103 Å². The highest BCUT2D eigenvalue weighted by molar-refractivity contribution is 6.84. The van der Waals surface area contributed by atoms with Crippen molar-refractivity contribution in [3.8, 4) is 0 Å². The third-order valence-electron chi connectivity index (χ3n) is 5.40. The first-order chi connectivity index (χ1) is 12.2. The molecule has 0 atom stereocenters.